The second-order valence-electron chi connectivity index (χ2n) is 10.8. The number of carbonyl (C=O) groups excluding carboxylic acids is 2. The van der Waals surface area contributed by atoms with Gasteiger partial charge in [0.25, 0.3) is 11.8 Å². The van der Waals surface area contributed by atoms with Crippen LogP contribution in [0.4, 0.5) is 5.69 Å². The maximum Gasteiger partial charge on any atom is 0.254 e. The van der Waals surface area contributed by atoms with Gasteiger partial charge >= 0.3 is 0 Å². The first-order valence-electron chi connectivity index (χ1n) is 13.6. The van der Waals surface area contributed by atoms with E-state index < -0.39 is 5.92 Å². The Kier molecular flexibility index (Phi) is 8.17. The first-order chi connectivity index (χ1) is 17.7. The Morgan fingerprint density at radius 2 is 1.81 bits per heavy atom. The van der Waals surface area contributed by atoms with Crippen molar-refractivity contribution in [1.82, 2.24) is 20.0 Å². The number of allylic oxidation sites excluding steroid dienone is 1. The maximum absolute atomic E-state index is 13.6. The molecule has 0 spiro atoms. The fourth-order valence-corrected chi connectivity index (χ4v) is 6.14. The molecule has 2 heterocycles. The van der Waals surface area contributed by atoms with Crippen molar-refractivity contribution in [2.45, 2.75) is 71.9 Å². The zero-order chi connectivity index (χ0) is 26.9. The first kappa shape index (κ1) is 27.0. The highest BCUT2D eigenvalue weighted by atomic mass is 16.2. The predicted octanol–water partition coefficient (Wildman–Crippen LogP) is 4.13. The summed E-state index contributed by atoms with van der Waals surface area (Å²) in [5.41, 5.74) is 5.44. The van der Waals surface area contributed by atoms with Crippen LogP contribution < -0.4 is 10.2 Å². The standard InChI is InChI=1S/C29H42N6O2/c1-8-22-23(28(36)30-16-24-18(3)14-19(4)32-29(24)37)15-26-25(17-31-34(26)7)27(22)35(9-2)21-12-10-20(11-13-21)33(5)6/h14-15,17,20-21,24H,8-13,16H2,1-7H3,(H,30,36). The number of rotatable bonds is 8. The Hall–Kier alpha value is -3.00. The summed E-state index contributed by atoms with van der Waals surface area (Å²) in [5, 5.41) is 8.71. The molecule has 0 saturated heterocycles. The van der Waals surface area contributed by atoms with Crippen LogP contribution in [0, 0.1) is 5.92 Å². The smallest absolute Gasteiger partial charge is 0.254 e. The summed E-state index contributed by atoms with van der Waals surface area (Å²) in [4.78, 5) is 35.1. The number of aliphatic imine (C=N–C) groups is 1. The van der Waals surface area contributed by atoms with Gasteiger partial charge in [0.2, 0.25) is 0 Å². The van der Waals surface area contributed by atoms with Crippen LogP contribution in [0.1, 0.15) is 69.3 Å². The molecule has 1 unspecified atom stereocenters. The van der Waals surface area contributed by atoms with Crippen LogP contribution in [0.25, 0.3) is 10.9 Å². The average molecular weight is 507 g/mol. The van der Waals surface area contributed by atoms with Gasteiger partial charge in [0.05, 0.1) is 23.3 Å². The number of carbonyl (C=O) groups is 2. The van der Waals surface area contributed by atoms with Crippen LogP contribution in [0.5, 0.6) is 0 Å². The Morgan fingerprint density at radius 3 is 2.41 bits per heavy atom. The van der Waals surface area contributed by atoms with Crippen LogP contribution in [0.3, 0.4) is 0 Å². The van der Waals surface area contributed by atoms with Crippen molar-refractivity contribution in [2.75, 3.05) is 32.1 Å². The maximum atomic E-state index is 13.6. The molecule has 1 aromatic heterocycles. The number of fused-ring (bicyclic) bond motifs is 1. The molecule has 2 amide bonds. The van der Waals surface area contributed by atoms with Gasteiger partial charge < -0.3 is 15.1 Å². The molecule has 200 valence electrons. The minimum absolute atomic E-state index is 0.152. The number of aromatic nitrogens is 2. The third-order valence-electron chi connectivity index (χ3n) is 8.23. The van der Waals surface area contributed by atoms with Crippen molar-refractivity contribution in [1.29, 1.82) is 0 Å². The van der Waals surface area contributed by atoms with Gasteiger partial charge in [-0.25, -0.2) is 4.99 Å². The van der Waals surface area contributed by atoms with Gasteiger partial charge in [0, 0.05) is 48.9 Å². The lowest BCUT2D eigenvalue weighted by molar-refractivity contribution is -0.120. The fraction of sp³-hybridized carbons (Fsp3) is 0.586. The average Bonchev–Trinajstić information content (AvgIpc) is 3.23. The van der Waals surface area contributed by atoms with Gasteiger partial charge in [-0.1, -0.05) is 12.5 Å². The molecule has 0 radical (unpaired) electrons. The van der Waals surface area contributed by atoms with E-state index in [1.54, 1.807) is 0 Å². The molecule has 1 aromatic carbocycles. The molecule has 1 atom stereocenters. The predicted molar refractivity (Wildman–Crippen MR) is 151 cm³/mol. The van der Waals surface area contributed by atoms with E-state index in [-0.39, 0.29) is 18.4 Å². The Morgan fingerprint density at radius 1 is 1.14 bits per heavy atom. The molecule has 2 aliphatic rings. The SMILES string of the molecule is CCc1c(C(=O)NCC2C(=O)N=C(C)C=C2C)cc2c(cnn2C)c1N(CC)C1CCC(N(C)C)CC1. The fourth-order valence-electron chi connectivity index (χ4n) is 6.14. The summed E-state index contributed by atoms with van der Waals surface area (Å²) in [5.74, 6) is -0.765. The summed E-state index contributed by atoms with van der Waals surface area (Å²) >= 11 is 0. The van der Waals surface area contributed by atoms with Crippen LogP contribution in [-0.4, -0.2) is 71.5 Å². The summed E-state index contributed by atoms with van der Waals surface area (Å²) in [6, 6.07) is 3.02. The van der Waals surface area contributed by atoms with Crippen molar-refractivity contribution in [3.05, 3.63) is 35.0 Å². The van der Waals surface area contributed by atoms with E-state index in [0.29, 0.717) is 23.4 Å². The zero-order valence-corrected chi connectivity index (χ0v) is 23.5. The van der Waals surface area contributed by atoms with Crippen molar-refractivity contribution in [3.63, 3.8) is 0 Å². The van der Waals surface area contributed by atoms with Crippen molar-refractivity contribution < 1.29 is 9.59 Å². The number of benzene rings is 1. The Balaban J connectivity index is 1.68. The highest BCUT2D eigenvalue weighted by Crippen LogP contribution is 2.38. The van der Waals surface area contributed by atoms with Crippen molar-refractivity contribution in [2.24, 2.45) is 18.0 Å². The summed E-state index contributed by atoms with van der Waals surface area (Å²) in [6.45, 7) is 9.18. The summed E-state index contributed by atoms with van der Waals surface area (Å²) in [7, 11) is 6.27. The quantitative estimate of drug-likeness (QED) is 0.582. The lowest BCUT2D eigenvalue weighted by Gasteiger charge is -2.40. The molecule has 1 N–H and O–H groups in total. The second kappa shape index (κ2) is 11.2. The lowest BCUT2D eigenvalue weighted by Crippen LogP contribution is -2.43. The van der Waals surface area contributed by atoms with Gasteiger partial charge in [-0.3, -0.25) is 14.3 Å². The number of dihydropyridines is 1. The summed E-state index contributed by atoms with van der Waals surface area (Å²) in [6.07, 6.45) is 9.21. The minimum Gasteiger partial charge on any atom is -0.368 e. The topological polar surface area (TPSA) is 82.8 Å². The Labute approximate surface area is 220 Å². The number of anilines is 1. The van der Waals surface area contributed by atoms with Crippen LogP contribution in [0.15, 0.2) is 28.9 Å². The lowest BCUT2D eigenvalue weighted by atomic mass is 9.88. The highest BCUT2D eigenvalue weighted by molar-refractivity contribution is 6.07. The number of aryl methyl sites for hydroxylation is 1. The minimum atomic E-state index is -0.420. The van der Waals surface area contributed by atoms with Gasteiger partial charge in [0.1, 0.15) is 0 Å². The second-order valence-corrected chi connectivity index (χ2v) is 10.8. The monoisotopic (exact) mass is 506 g/mol. The van der Waals surface area contributed by atoms with Crippen LogP contribution in [-0.2, 0) is 18.3 Å². The van der Waals surface area contributed by atoms with E-state index in [2.05, 4.69) is 53.2 Å². The largest absolute Gasteiger partial charge is 0.368 e. The van der Waals surface area contributed by atoms with Gasteiger partial charge in [0.15, 0.2) is 0 Å². The zero-order valence-electron chi connectivity index (χ0n) is 23.5. The van der Waals surface area contributed by atoms with Crippen LogP contribution >= 0.6 is 0 Å². The van der Waals surface area contributed by atoms with Crippen molar-refractivity contribution >= 4 is 34.1 Å². The van der Waals surface area contributed by atoms with E-state index in [1.165, 1.54) is 12.8 Å². The number of hydrogen-bond acceptors (Lipinski definition) is 5. The number of nitrogens with one attached hydrogen (secondary N) is 1. The molecule has 1 aliphatic heterocycles. The van der Waals surface area contributed by atoms with E-state index in [4.69, 9.17) is 0 Å². The van der Waals surface area contributed by atoms with Gasteiger partial charge in [-0.05, 0) is 84.7 Å². The van der Waals surface area contributed by atoms with E-state index >= 15 is 0 Å². The van der Waals surface area contributed by atoms with E-state index in [9.17, 15) is 9.59 Å². The Bertz CT molecular complexity index is 1230. The normalized spacial score (nSPS) is 22.3. The van der Waals surface area contributed by atoms with E-state index in [0.717, 1.165) is 53.5 Å². The first-order valence-corrected chi connectivity index (χ1v) is 13.6. The molecule has 2 aromatic rings. The highest BCUT2D eigenvalue weighted by Gasteiger charge is 2.31. The molecular formula is C29H42N6O2. The van der Waals surface area contributed by atoms with Crippen molar-refractivity contribution in [3.8, 4) is 0 Å². The third-order valence-corrected chi connectivity index (χ3v) is 8.23. The number of amides is 2. The summed E-state index contributed by atoms with van der Waals surface area (Å²) < 4.78 is 1.85. The molecule has 1 aliphatic carbocycles. The molecular weight excluding hydrogens is 464 g/mol. The van der Waals surface area contributed by atoms with E-state index in [1.807, 2.05) is 43.9 Å². The molecule has 4 rings (SSSR count). The molecule has 8 nitrogen and oxygen atoms in total. The molecule has 8 heteroatoms. The molecule has 1 fully saturated rings. The van der Waals surface area contributed by atoms with Gasteiger partial charge in [-0.15, -0.1) is 0 Å². The third kappa shape index (κ3) is 5.35. The molecule has 1 saturated carbocycles. The number of hydrogen-bond donors (Lipinski definition) is 1. The number of nitrogens with zero attached hydrogens (tertiary/aromatic N) is 5. The molecule has 37 heavy (non-hydrogen) atoms. The molecule has 0 bridgehead atoms. The van der Waals surface area contributed by atoms with Crippen LogP contribution in [0.2, 0.25) is 0 Å². The van der Waals surface area contributed by atoms with Gasteiger partial charge in [-0.2, -0.15) is 5.10 Å².